The molecule has 0 bridgehead atoms. The van der Waals surface area contributed by atoms with Crippen LogP contribution in [0, 0.1) is 5.92 Å². The second-order valence-electron chi connectivity index (χ2n) is 6.86. The van der Waals surface area contributed by atoms with Gasteiger partial charge in [-0.25, -0.2) is 0 Å². The summed E-state index contributed by atoms with van der Waals surface area (Å²) in [5.74, 6) is 0.592. The van der Waals surface area contributed by atoms with E-state index in [1.807, 2.05) is 6.92 Å². The number of carbonyl (C=O) groups excluding carboxylic acids is 1. The first-order valence-electron chi connectivity index (χ1n) is 8.53. The number of esters is 1. The lowest BCUT2D eigenvalue weighted by atomic mass is 9.72. The number of carbonyl (C=O) groups is 1. The fourth-order valence-corrected chi connectivity index (χ4v) is 3.94. The van der Waals surface area contributed by atoms with Crippen molar-refractivity contribution in [3.8, 4) is 0 Å². The molecule has 1 aliphatic heterocycles. The van der Waals surface area contributed by atoms with Gasteiger partial charge in [-0.3, -0.25) is 4.79 Å². The highest BCUT2D eigenvalue weighted by Gasteiger charge is 2.44. The summed E-state index contributed by atoms with van der Waals surface area (Å²) < 4.78 is 6.03. The first-order chi connectivity index (χ1) is 9.57. The van der Waals surface area contributed by atoms with Gasteiger partial charge in [-0.15, -0.1) is 0 Å². The molecule has 0 N–H and O–H groups in total. The molecule has 0 unspecified atom stereocenters. The molecule has 1 aliphatic carbocycles. The summed E-state index contributed by atoms with van der Waals surface area (Å²) in [6.07, 6.45) is 9.03. The molecule has 1 saturated carbocycles. The smallest absolute Gasteiger partial charge is 0.306 e. The summed E-state index contributed by atoms with van der Waals surface area (Å²) in [6.45, 7) is 8.56. The summed E-state index contributed by atoms with van der Waals surface area (Å²) >= 11 is 0. The Morgan fingerprint density at radius 1 is 1.20 bits per heavy atom. The van der Waals surface area contributed by atoms with Gasteiger partial charge in [0.05, 0.1) is 0 Å². The van der Waals surface area contributed by atoms with Crippen molar-refractivity contribution in [2.24, 2.45) is 5.92 Å². The topological polar surface area (TPSA) is 29.5 Å². The van der Waals surface area contributed by atoms with E-state index in [4.69, 9.17) is 4.74 Å². The number of piperidine rings is 1. The normalized spacial score (nSPS) is 24.8. The van der Waals surface area contributed by atoms with Gasteiger partial charge in [0.15, 0.2) is 0 Å². The number of likely N-dealkylation sites (tertiary alicyclic amines) is 1. The molecule has 2 fully saturated rings. The molecule has 20 heavy (non-hydrogen) atoms. The van der Waals surface area contributed by atoms with Crippen molar-refractivity contribution >= 4 is 5.97 Å². The van der Waals surface area contributed by atoms with Gasteiger partial charge in [0.1, 0.15) is 5.60 Å². The number of nitrogens with zero attached hydrogens (tertiary/aromatic N) is 1. The average molecular weight is 281 g/mol. The van der Waals surface area contributed by atoms with Crippen LogP contribution in [-0.2, 0) is 9.53 Å². The molecule has 2 aliphatic rings. The highest BCUT2D eigenvalue weighted by Crippen LogP contribution is 2.42. The Balaban J connectivity index is 2.06. The van der Waals surface area contributed by atoms with E-state index in [1.54, 1.807) is 0 Å². The Labute approximate surface area is 124 Å². The quantitative estimate of drug-likeness (QED) is 0.735. The van der Waals surface area contributed by atoms with Crippen LogP contribution in [0.3, 0.4) is 0 Å². The largest absolute Gasteiger partial charge is 0.459 e. The zero-order valence-electron chi connectivity index (χ0n) is 13.5. The molecule has 0 aromatic heterocycles. The average Bonchev–Trinajstić information content (AvgIpc) is 2.48. The van der Waals surface area contributed by atoms with Crippen molar-refractivity contribution < 1.29 is 9.53 Å². The number of hydrogen-bond donors (Lipinski definition) is 0. The van der Waals surface area contributed by atoms with E-state index in [2.05, 4.69) is 18.7 Å². The molecule has 0 aromatic rings. The van der Waals surface area contributed by atoms with E-state index < -0.39 is 0 Å². The fourth-order valence-electron chi connectivity index (χ4n) is 3.94. The van der Waals surface area contributed by atoms with Crippen molar-refractivity contribution in [1.29, 1.82) is 0 Å². The van der Waals surface area contributed by atoms with Gasteiger partial charge in [0.2, 0.25) is 0 Å². The number of ether oxygens (including phenoxy) is 1. The molecule has 3 heteroatoms. The Kier molecular flexibility index (Phi) is 5.48. The van der Waals surface area contributed by atoms with Crippen molar-refractivity contribution in [3.63, 3.8) is 0 Å². The van der Waals surface area contributed by atoms with E-state index >= 15 is 0 Å². The molecule has 0 atom stereocenters. The maximum atomic E-state index is 11.9. The van der Waals surface area contributed by atoms with Gasteiger partial charge in [0, 0.05) is 38.4 Å². The van der Waals surface area contributed by atoms with Gasteiger partial charge in [-0.2, -0.15) is 0 Å². The van der Waals surface area contributed by atoms with E-state index in [1.165, 1.54) is 32.1 Å². The molecule has 0 amide bonds. The Bertz CT molecular complexity index is 313. The van der Waals surface area contributed by atoms with Crippen LogP contribution >= 0.6 is 0 Å². The Hall–Kier alpha value is -0.570. The second kappa shape index (κ2) is 6.93. The fraction of sp³-hybridized carbons (Fsp3) is 0.941. The summed E-state index contributed by atoms with van der Waals surface area (Å²) in [5.41, 5.74) is -0.154. The van der Waals surface area contributed by atoms with Crippen LogP contribution in [0.15, 0.2) is 0 Å². The zero-order chi connectivity index (χ0) is 14.6. The summed E-state index contributed by atoms with van der Waals surface area (Å²) in [7, 11) is 0. The molecule has 2 rings (SSSR count). The highest BCUT2D eigenvalue weighted by atomic mass is 16.6. The molecule has 116 valence electrons. The molecule has 3 nitrogen and oxygen atoms in total. The maximum absolute atomic E-state index is 11.9. The zero-order valence-corrected chi connectivity index (χ0v) is 13.5. The molecular formula is C17H31NO2. The van der Waals surface area contributed by atoms with Gasteiger partial charge in [-0.05, 0) is 32.6 Å². The lowest BCUT2D eigenvalue weighted by Gasteiger charge is -2.48. The first kappa shape index (κ1) is 15.8. The minimum absolute atomic E-state index is 0.00595. The highest BCUT2D eigenvalue weighted by molar-refractivity contribution is 5.69. The third kappa shape index (κ3) is 3.55. The summed E-state index contributed by atoms with van der Waals surface area (Å²) in [6, 6.07) is 0.598. The monoisotopic (exact) mass is 281 g/mol. The Morgan fingerprint density at radius 2 is 1.80 bits per heavy atom. The molecule has 0 spiro atoms. The van der Waals surface area contributed by atoms with Crippen LogP contribution in [0.5, 0.6) is 0 Å². The predicted octanol–water partition coefficient (Wildman–Crippen LogP) is 3.76. The third-order valence-corrected chi connectivity index (χ3v) is 5.33. The lowest BCUT2D eigenvalue weighted by molar-refractivity contribution is -0.176. The van der Waals surface area contributed by atoms with E-state index in [9.17, 15) is 4.79 Å². The van der Waals surface area contributed by atoms with E-state index in [0.717, 1.165) is 25.9 Å². The standard InChI is InChI=1S/C17H31NO2/c1-4-16(19)20-17(15-8-6-5-7-9-15)10-12-18(13-11-17)14(2)3/h14-15H,4-13H2,1-3H3. The van der Waals surface area contributed by atoms with Crippen molar-refractivity contribution in [1.82, 2.24) is 4.90 Å². The van der Waals surface area contributed by atoms with Crippen LogP contribution in [0.25, 0.3) is 0 Å². The first-order valence-corrected chi connectivity index (χ1v) is 8.53. The summed E-state index contributed by atoms with van der Waals surface area (Å²) in [5, 5.41) is 0. The number of hydrogen-bond acceptors (Lipinski definition) is 3. The van der Waals surface area contributed by atoms with Crippen molar-refractivity contribution in [2.75, 3.05) is 13.1 Å². The van der Waals surface area contributed by atoms with Crippen LogP contribution in [0.4, 0.5) is 0 Å². The van der Waals surface area contributed by atoms with E-state index in [0.29, 0.717) is 18.4 Å². The van der Waals surface area contributed by atoms with Crippen LogP contribution in [0.1, 0.15) is 72.1 Å². The maximum Gasteiger partial charge on any atom is 0.306 e. The van der Waals surface area contributed by atoms with Crippen molar-refractivity contribution in [2.45, 2.75) is 83.8 Å². The van der Waals surface area contributed by atoms with Crippen LogP contribution in [-0.4, -0.2) is 35.6 Å². The second-order valence-corrected chi connectivity index (χ2v) is 6.86. The van der Waals surface area contributed by atoms with Gasteiger partial charge in [-0.1, -0.05) is 26.2 Å². The molecular weight excluding hydrogens is 250 g/mol. The van der Waals surface area contributed by atoms with Crippen molar-refractivity contribution in [3.05, 3.63) is 0 Å². The predicted molar refractivity (Wildman–Crippen MR) is 81.6 cm³/mol. The van der Waals surface area contributed by atoms with Crippen LogP contribution < -0.4 is 0 Å². The van der Waals surface area contributed by atoms with Gasteiger partial charge >= 0.3 is 5.97 Å². The third-order valence-electron chi connectivity index (χ3n) is 5.33. The summed E-state index contributed by atoms with van der Waals surface area (Å²) in [4.78, 5) is 14.4. The number of rotatable bonds is 4. The molecule has 0 aromatic carbocycles. The van der Waals surface area contributed by atoms with Gasteiger partial charge < -0.3 is 9.64 Å². The molecule has 0 radical (unpaired) electrons. The molecule has 1 saturated heterocycles. The molecule has 1 heterocycles. The minimum Gasteiger partial charge on any atom is -0.459 e. The SMILES string of the molecule is CCC(=O)OC1(C2CCCCC2)CCN(C(C)C)CC1. The van der Waals surface area contributed by atoms with Gasteiger partial charge in [0.25, 0.3) is 0 Å². The van der Waals surface area contributed by atoms with Crippen LogP contribution in [0.2, 0.25) is 0 Å². The van der Waals surface area contributed by atoms with E-state index in [-0.39, 0.29) is 11.6 Å². The Morgan fingerprint density at radius 3 is 2.30 bits per heavy atom. The minimum atomic E-state index is -0.154. The lowest BCUT2D eigenvalue weighted by Crippen LogP contribution is -2.53.